The van der Waals surface area contributed by atoms with Crippen LogP contribution in [0.3, 0.4) is 0 Å². The molecule has 1 unspecified atom stereocenters. The number of thiocarbonyl (C=S) groups is 1. The number of hydrogen-bond acceptors (Lipinski definition) is 5. The first-order valence-electron chi connectivity index (χ1n) is 3.66. The van der Waals surface area contributed by atoms with Gasteiger partial charge in [0.15, 0.2) is 0 Å². The maximum Gasteiger partial charge on any atom is 1.00 e. The number of halogens is 1. The first-order valence-corrected chi connectivity index (χ1v) is 5.67. The molecular formula is C8H4BrKN2O2S2. The summed E-state index contributed by atoms with van der Waals surface area (Å²) in [4.78, 5) is 12.1. The fourth-order valence-corrected chi connectivity index (χ4v) is 2.66. The standard InChI is InChI=1S/C7H4BrNO2S2.CN.K/c8-4-2-1-3(13-4)5-6(10)9-7(12)11-5;1-2;/h1-2,5H,(H,9,10,12);;/q;-1;+1. The molecule has 1 atom stereocenters. The van der Waals surface area contributed by atoms with Gasteiger partial charge in [-0.3, -0.25) is 10.1 Å². The van der Waals surface area contributed by atoms with Gasteiger partial charge in [0, 0.05) is 0 Å². The van der Waals surface area contributed by atoms with Crippen LogP contribution in [-0.2, 0) is 9.53 Å². The number of nitrogens with one attached hydrogen (secondary N) is 1. The second-order valence-electron chi connectivity index (χ2n) is 2.42. The molecule has 1 aliphatic rings. The number of thiophene rings is 1. The molecule has 0 aromatic carbocycles. The van der Waals surface area contributed by atoms with Gasteiger partial charge in [-0.1, -0.05) is 0 Å². The van der Waals surface area contributed by atoms with Crippen molar-refractivity contribution < 1.29 is 60.9 Å². The van der Waals surface area contributed by atoms with E-state index in [0.29, 0.717) is 0 Å². The molecule has 1 N–H and O–H groups in total. The van der Waals surface area contributed by atoms with Crippen LogP contribution in [0, 0.1) is 11.8 Å². The van der Waals surface area contributed by atoms with E-state index in [0.717, 1.165) is 8.66 Å². The Labute approximate surface area is 153 Å². The Morgan fingerprint density at radius 3 is 2.56 bits per heavy atom. The zero-order valence-corrected chi connectivity index (χ0v) is 14.5. The van der Waals surface area contributed by atoms with Crippen LogP contribution in [0.2, 0.25) is 0 Å². The Kier molecular flexibility index (Phi) is 8.22. The van der Waals surface area contributed by atoms with Gasteiger partial charge in [0.05, 0.1) is 8.66 Å². The number of amides is 1. The number of hydrogen-bond donors (Lipinski definition) is 1. The van der Waals surface area contributed by atoms with Crippen molar-refractivity contribution in [1.82, 2.24) is 5.32 Å². The number of rotatable bonds is 1. The van der Waals surface area contributed by atoms with Crippen LogP contribution in [0.1, 0.15) is 11.0 Å². The molecular weight excluding hydrogens is 339 g/mol. The Morgan fingerprint density at radius 1 is 1.56 bits per heavy atom. The molecule has 0 aliphatic carbocycles. The summed E-state index contributed by atoms with van der Waals surface area (Å²) in [5.41, 5.74) is 0. The second-order valence-corrected chi connectivity index (χ2v) is 5.28. The Hall–Kier alpha value is 0.666. The maximum atomic E-state index is 11.3. The van der Waals surface area contributed by atoms with Crippen molar-refractivity contribution in [2.24, 2.45) is 0 Å². The molecule has 0 bridgehead atoms. The number of carbonyl (C=O) groups is 1. The SMILES string of the molecule is O=C1NC(=S)OC1c1ccc(Br)s1.[C-]#N.[K+]. The maximum absolute atomic E-state index is 11.3. The summed E-state index contributed by atoms with van der Waals surface area (Å²) in [6.07, 6.45) is -0.566. The molecule has 1 aromatic heterocycles. The fourth-order valence-electron chi connectivity index (χ4n) is 1.01. The molecule has 0 saturated carbocycles. The molecule has 1 amide bonds. The third-order valence-electron chi connectivity index (χ3n) is 1.54. The summed E-state index contributed by atoms with van der Waals surface area (Å²) in [7, 11) is 0. The predicted octanol–water partition coefficient (Wildman–Crippen LogP) is -0.917. The molecule has 2 heterocycles. The predicted molar refractivity (Wildman–Crippen MR) is 61.6 cm³/mol. The average molecular weight is 343 g/mol. The largest absolute Gasteiger partial charge is 1.00 e. The minimum Gasteiger partial charge on any atom is -0.512 e. The molecule has 8 heteroatoms. The van der Waals surface area contributed by atoms with E-state index in [-0.39, 0.29) is 62.5 Å². The molecule has 1 aliphatic heterocycles. The molecule has 0 spiro atoms. The van der Waals surface area contributed by atoms with E-state index in [1.54, 1.807) is 0 Å². The van der Waals surface area contributed by atoms with Crippen LogP contribution in [0.5, 0.6) is 0 Å². The summed E-state index contributed by atoms with van der Waals surface area (Å²) in [6.45, 7) is 4.75. The van der Waals surface area contributed by atoms with Crippen molar-refractivity contribution >= 4 is 50.6 Å². The topological polar surface area (TPSA) is 62.1 Å². The summed E-state index contributed by atoms with van der Waals surface area (Å²) in [5.74, 6) is -0.195. The third kappa shape index (κ3) is 4.16. The van der Waals surface area contributed by atoms with Crippen molar-refractivity contribution in [2.45, 2.75) is 6.10 Å². The summed E-state index contributed by atoms with van der Waals surface area (Å²) >= 11 is 9.49. The van der Waals surface area contributed by atoms with Crippen LogP contribution in [0.25, 0.3) is 0 Å². The molecule has 4 nitrogen and oxygen atoms in total. The van der Waals surface area contributed by atoms with Gasteiger partial charge in [-0.2, -0.15) is 0 Å². The van der Waals surface area contributed by atoms with Crippen molar-refractivity contribution in [1.29, 1.82) is 5.26 Å². The van der Waals surface area contributed by atoms with Crippen molar-refractivity contribution in [3.63, 3.8) is 0 Å². The van der Waals surface area contributed by atoms with E-state index < -0.39 is 6.10 Å². The van der Waals surface area contributed by atoms with E-state index in [9.17, 15) is 4.79 Å². The number of carbonyl (C=O) groups excluding carboxylic acids is 1. The Balaban J connectivity index is 0.000000711. The van der Waals surface area contributed by atoms with Gasteiger partial charge >= 0.3 is 51.4 Å². The van der Waals surface area contributed by atoms with Crippen LogP contribution in [0.15, 0.2) is 15.9 Å². The minimum atomic E-state index is -0.566. The van der Waals surface area contributed by atoms with Gasteiger partial charge in [0.1, 0.15) is 0 Å². The minimum absolute atomic E-state index is 0. The smallest absolute Gasteiger partial charge is 0.512 e. The van der Waals surface area contributed by atoms with Gasteiger partial charge in [0.25, 0.3) is 11.1 Å². The van der Waals surface area contributed by atoms with Gasteiger partial charge in [0.2, 0.25) is 6.10 Å². The fraction of sp³-hybridized carbons (Fsp3) is 0.125. The second kappa shape index (κ2) is 7.89. The van der Waals surface area contributed by atoms with E-state index in [2.05, 4.69) is 21.2 Å². The molecule has 1 saturated heterocycles. The monoisotopic (exact) mass is 342 g/mol. The molecule has 0 radical (unpaired) electrons. The van der Waals surface area contributed by atoms with Crippen LogP contribution < -0.4 is 56.7 Å². The summed E-state index contributed by atoms with van der Waals surface area (Å²) in [5, 5.41) is 8.84. The van der Waals surface area contributed by atoms with Gasteiger partial charge in [-0.15, -0.1) is 11.3 Å². The Bertz CT molecular complexity index is 421. The van der Waals surface area contributed by atoms with E-state index in [4.69, 9.17) is 28.8 Å². The van der Waals surface area contributed by atoms with Crippen molar-refractivity contribution in [2.75, 3.05) is 0 Å². The normalized spacial score (nSPS) is 17.6. The van der Waals surface area contributed by atoms with Gasteiger partial charge in [-0.05, 0) is 40.3 Å². The average Bonchev–Trinajstić information content (AvgIpc) is 2.76. The van der Waals surface area contributed by atoms with Crippen LogP contribution >= 0.6 is 39.5 Å². The van der Waals surface area contributed by atoms with Crippen molar-refractivity contribution in [3.8, 4) is 0 Å². The quantitative estimate of drug-likeness (QED) is 0.407. The third-order valence-corrected chi connectivity index (χ3v) is 3.41. The van der Waals surface area contributed by atoms with Crippen LogP contribution in [-0.4, -0.2) is 11.1 Å². The number of nitrogens with zero attached hydrogens (tertiary/aromatic N) is 1. The molecule has 16 heavy (non-hydrogen) atoms. The summed E-state index contributed by atoms with van der Waals surface area (Å²) < 4.78 is 6.10. The molecule has 2 rings (SSSR count). The van der Waals surface area contributed by atoms with Crippen molar-refractivity contribution in [3.05, 3.63) is 27.4 Å². The molecule has 1 aromatic rings. The van der Waals surface area contributed by atoms with Crippen LogP contribution in [0.4, 0.5) is 0 Å². The number of ether oxygens (including phenoxy) is 1. The molecule has 1 fully saturated rings. The zero-order valence-electron chi connectivity index (χ0n) is 8.19. The first kappa shape index (κ1) is 16.7. The van der Waals surface area contributed by atoms with E-state index in [1.165, 1.54) is 11.3 Å². The van der Waals surface area contributed by atoms with E-state index in [1.807, 2.05) is 12.1 Å². The zero-order chi connectivity index (χ0) is 11.4. The summed E-state index contributed by atoms with van der Waals surface area (Å²) in [6, 6.07) is 3.71. The Morgan fingerprint density at radius 2 is 2.19 bits per heavy atom. The van der Waals surface area contributed by atoms with Gasteiger partial charge < -0.3 is 16.6 Å². The molecule has 78 valence electrons. The van der Waals surface area contributed by atoms with Gasteiger partial charge in [-0.25, -0.2) is 0 Å². The first-order chi connectivity index (χ1) is 7.16. The van der Waals surface area contributed by atoms with E-state index >= 15 is 0 Å².